The molecule has 1 unspecified atom stereocenters. The first-order valence-corrected chi connectivity index (χ1v) is 10.4. The average Bonchev–Trinajstić information content (AvgIpc) is 3.25. The molecule has 1 atom stereocenters. The van der Waals surface area contributed by atoms with Gasteiger partial charge in [-0.05, 0) is 54.1 Å². The van der Waals surface area contributed by atoms with Crippen molar-refractivity contribution in [1.29, 1.82) is 0 Å². The lowest BCUT2D eigenvalue weighted by atomic mass is 9.91. The summed E-state index contributed by atoms with van der Waals surface area (Å²) in [6.07, 6.45) is -2.26. The molecule has 2 N–H and O–H groups in total. The Hall–Kier alpha value is -3.07. The van der Waals surface area contributed by atoms with Gasteiger partial charge in [-0.1, -0.05) is 41.4 Å². The molecule has 10 heteroatoms. The van der Waals surface area contributed by atoms with Gasteiger partial charge in [0.2, 0.25) is 5.60 Å². The smallest absolute Gasteiger partial charge is 0.346 e. The van der Waals surface area contributed by atoms with Crippen LogP contribution in [0.5, 0.6) is 0 Å². The maximum atomic E-state index is 14.1. The van der Waals surface area contributed by atoms with E-state index >= 15 is 0 Å². The Labute approximate surface area is 197 Å². The van der Waals surface area contributed by atoms with Crippen molar-refractivity contribution in [2.24, 2.45) is 0 Å². The van der Waals surface area contributed by atoms with E-state index < -0.39 is 11.8 Å². The van der Waals surface area contributed by atoms with Gasteiger partial charge in [0.25, 0.3) is 5.91 Å². The Morgan fingerprint density at radius 1 is 1.06 bits per heavy atom. The summed E-state index contributed by atoms with van der Waals surface area (Å²) in [6.45, 7) is 0.248. The lowest BCUT2D eigenvalue weighted by Gasteiger charge is -2.28. The topological polar surface area (TPSA) is 63.2 Å². The molecular formula is C23H16Cl2F3N3O2. The minimum absolute atomic E-state index is 0.0487. The molecule has 2 heterocycles. The number of carbonyl (C=O) groups excluding carboxylic acids is 1. The van der Waals surface area contributed by atoms with E-state index in [0.717, 1.165) is 18.2 Å². The summed E-state index contributed by atoms with van der Waals surface area (Å²) >= 11 is 11.8. The standard InChI is InChI=1S/C23H16Cl2F3N3O2/c24-17-9-16(10-18(25)11-17)22(23(26,27)28)12-20(31-33-22)14-4-6-15(7-5-14)21(32)30-13-19-3-1-2-8-29-19/h1-12,31H,13H2,(H,30,32). The van der Waals surface area contributed by atoms with Crippen molar-refractivity contribution >= 4 is 34.8 Å². The molecule has 170 valence electrons. The largest absolute Gasteiger partial charge is 0.428 e. The number of halogens is 5. The zero-order valence-electron chi connectivity index (χ0n) is 16.8. The third kappa shape index (κ3) is 4.83. The number of amides is 1. The summed E-state index contributed by atoms with van der Waals surface area (Å²) in [5, 5.41) is 2.84. The lowest BCUT2D eigenvalue weighted by molar-refractivity contribution is -0.269. The van der Waals surface area contributed by atoms with E-state index in [4.69, 9.17) is 28.0 Å². The fraction of sp³-hybridized carbons (Fsp3) is 0.130. The van der Waals surface area contributed by atoms with Crippen LogP contribution < -0.4 is 10.8 Å². The molecule has 0 bridgehead atoms. The predicted octanol–water partition coefficient (Wildman–Crippen LogP) is 5.65. The Morgan fingerprint density at radius 3 is 2.36 bits per heavy atom. The lowest BCUT2D eigenvalue weighted by Crippen LogP contribution is -2.42. The molecule has 0 radical (unpaired) electrons. The van der Waals surface area contributed by atoms with Gasteiger partial charge in [0.1, 0.15) is 0 Å². The zero-order valence-corrected chi connectivity index (χ0v) is 18.3. The number of carbonyl (C=O) groups is 1. The quantitative estimate of drug-likeness (QED) is 0.481. The highest BCUT2D eigenvalue weighted by molar-refractivity contribution is 6.34. The second-order valence-electron chi connectivity index (χ2n) is 7.23. The fourth-order valence-electron chi connectivity index (χ4n) is 3.33. The molecule has 2 aromatic carbocycles. The van der Waals surface area contributed by atoms with Crippen molar-refractivity contribution < 1.29 is 22.8 Å². The number of alkyl halides is 3. The van der Waals surface area contributed by atoms with Gasteiger partial charge in [-0.15, -0.1) is 0 Å². The molecule has 1 aliphatic rings. The zero-order chi connectivity index (χ0) is 23.6. The number of hydrogen-bond donors (Lipinski definition) is 2. The minimum Gasteiger partial charge on any atom is -0.346 e. The number of hydroxylamine groups is 1. The first kappa shape index (κ1) is 23.1. The Balaban J connectivity index is 1.57. The Kier molecular flexibility index (Phi) is 6.34. The van der Waals surface area contributed by atoms with Crippen molar-refractivity contribution in [2.75, 3.05) is 0 Å². The first-order valence-electron chi connectivity index (χ1n) is 9.67. The predicted molar refractivity (Wildman–Crippen MR) is 118 cm³/mol. The summed E-state index contributed by atoms with van der Waals surface area (Å²) in [6, 6.07) is 15.1. The SMILES string of the molecule is O=C(NCc1ccccn1)c1ccc(C2=CC(c3cc(Cl)cc(Cl)c3)(C(F)(F)F)ON2)cc1. The molecule has 1 aromatic heterocycles. The second kappa shape index (κ2) is 9.05. The van der Waals surface area contributed by atoms with Crippen LogP contribution in [0.25, 0.3) is 5.70 Å². The maximum Gasteiger partial charge on any atom is 0.428 e. The van der Waals surface area contributed by atoms with E-state index in [2.05, 4.69) is 15.8 Å². The van der Waals surface area contributed by atoms with E-state index in [1.54, 1.807) is 18.3 Å². The fourth-order valence-corrected chi connectivity index (χ4v) is 3.86. The molecule has 0 aliphatic carbocycles. The van der Waals surface area contributed by atoms with Gasteiger partial charge in [-0.2, -0.15) is 13.2 Å². The Morgan fingerprint density at radius 2 is 1.76 bits per heavy atom. The summed E-state index contributed by atoms with van der Waals surface area (Å²) in [5.74, 6) is -0.338. The van der Waals surface area contributed by atoms with Gasteiger partial charge in [-0.3, -0.25) is 20.1 Å². The molecule has 0 saturated carbocycles. The number of pyridine rings is 1. The van der Waals surface area contributed by atoms with Crippen LogP contribution in [0.4, 0.5) is 13.2 Å². The van der Waals surface area contributed by atoms with Crippen LogP contribution in [-0.4, -0.2) is 17.1 Å². The van der Waals surface area contributed by atoms with Crippen molar-refractivity contribution in [3.8, 4) is 0 Å². The average molecular weight is 494 g/mol. The Bertz CT molecular complexity index is 1180. The second-order valence-corrected chi connectivity index (χ2v) is 8.11. The summed E-state index contributed by atoms with van der Waals surface area (Å²) in [7, 11) is 0. The van der Waals surface area contributed by atoms with Gasteiger partial charge in [0.05, 0.1) is 17.9 Å². The summed E-state index contributed by atoms with van der Waals surface area (Å²) in [4.78, 5) is 21.6. The van der Waals surface area contributed by atoms with E-state index in [-0.39, 0.29) is 33.8 Å². The van der Waals surface area contributed by atoms with Crippen molar-refractivity contribution in [3.63, 3.8) is 0 Å². The van der Waals surface area contributed by atoms with Crippen LogP contribution in [0.1, 0.15) is 27.2 Å². The van der Waals surface area contributed by atoms with E-state index in [1.165, 1.54) is 30.3 Å². The molecule has 3 aromatic rings. The van der Waals surface area contributed by atoms with Crippen LogP contribution >= 0.6 is 23.2 Å². The molecule has 0 fully saturated rings. The van der Waals surface area contributed by atoms with Crippen molar-refractivity contribution in [1.82, 2.24) is 15.8 Å². The van der Waals surface area contributed by atoms with Crippen molar-refractivity contribution in [2.45, 2.75) is 18.3 Å². The molecule has 1 amide bonds. The van der Waals surface area contributed by atoms with E-state index in [1.807, 2.05) is 6.07 Å². The number of hydrogen-bond acceptors (Lipinski definition) is 4. The molecule has 0 spiro atoms. The van der Waals surface area contributed by atoms with Crippen LogP contribution in [0.15, 0.2) is 72.9 Å². The summed E-state index contributed by atoms with van der Waals surface area (Å²) in [5.41, 5.74) is 0.833. The van der Waals surface area contributed by atoms with Gasteiger partial charge >= 0.3 is 6.18 Å². The van der Waals surface area contributed by atoms with E-state index in [9.17, 15) is 18.0 Å². The maximum absolute atomic E-state index is 14.1. The summed E-state index contributed by atoms with van der Waals surface area (Å²) < 4.78 is 42.3. The number of rotatable bonds is 5. The highest BCUT2D eigenvalue weighted by Crippen LogP contribution is 2.48. The van der Waals surface area contributed by atoms with Crippen LogP contribution in [0.3, 0.4) is 0 Å². The van der Waals surface area contributed by atoms with Crippen LogP contribution in [0, 0.1) is 0 Å². The normalized spacial score (nSPS) is 17.9. The van der Waals surface area contributed by atoms with Crippen molar-refractivity contribution in [3.05, 3.63) is 105 Å². The van der Waals surface area contributed by atoms with Crippen LogP contribution in [0.2, 0.25) is 10.0 Å². The van der Waals surface area contributed by atoms with Gasteiger partial charge < -0.3 is 5.32 Å². The molecule has 1 aliphatic heterocycles. The number of nitrogens with one attached hydrogen (secondary N) is 2. The van der Waals surface area contributed by atoms with E-state index in [0.29, 0.717) is 16.8 Å². The molecule has 0 saturated heterocycles. The molecule has 5 nitrogen and oxygen atoms in total. The monoisotopic (exact) mass is 493 g/mol. The van der Waals surface area contributed by atoms with Gasteiger partial charge in [-0.25, -0.2) is 0 Å². The third-order valence-corrected chi connectivity index (χ3v) is 5.43. The molecular weight excluding hydrogens is 478 g/mol. The highest BCUT2D eigenvalue weighted by atomic mass is 35.5. The van der Waals surface area contributed by atoms with Gasteiger partial charge in [0.15, 0.2) is 0 Å². The third-order valence-electron chi connectivity index (χ3n) is 5.00. The highest BCUT2D eigenvalue weighted by Gasteiger charge is 2.59. The number of benzene rings is 2. The van der Waals surface area contributed by atoms with Gasteiger partial charge in [0, 0.05) is 27.4 Å². The molecule has 33 heavy (non-hydrogen) atoms. The minimum atomic E-state index is -4.80. The number of aromatic nitrogens is 1. The molecule has 4 rings (SSSR count). The first-order chi connectivity index (χ1) is 15.7. The number of nitrogens with zero attached hydrogens (tertiary/aromatic N) is 1. The van der Waals surface area contributed by atoms with Crippen LogP contribution in [-0.2, 0) is 17.0 Å².